The van der Waals surface area contributed by atoms with Crippen LogP contribution in [0.15, 0.2) is 36.5 Å². The van der Waals surface area contributed by atoms with E-state index >= 15 is 0 Å². The molecule has 1 amide bonds. The Labute approximate surface area is 174 Å². The Balaban J connectivity index is 1.36. The number of carbonyl (C=O) groups excluding carboxylic acids is 1. The summed E-state index contributed by atoms with van der Waals surface area (Å²) in [5.41, 5.74) is 1.40. The summed E-state index contributed by atoms with van der Waals surface area (Å²) in [6.45, 7) is 3.86. The lowest BCUT2D eigenvalue weighted by molar-refractivity contribution is 0.0238. The average Bonchev–Trinajstić information content (AvgIpc) is 2.76. The molecule has 154 valence electrons. The molecule has 1 aromatic heterocycles. The zero-order valence-corrected chi connectivity index (χ0v) is 16.8. The molecule has 0 N–H and O–H groups in total. The molecule has 2 saturated heterocycles. The Morgan fingerprint density at radius 2 is 1.83 bits per heavy atom. The van der Waals surface area contributed by atoms with Gasteiger partial charge in [-0.25, -0.2) is 9.37 Å². The number of pyridine rings is 1. The molecule has 1 aromatic carbocycles. The minimum atomic E-state index is -0.254. The average molecular weight is 420 g/mol. The molecule has 29 heavy (non-hydrogen) atoms. The Kier molecular flexibility index (Phi) is 6.16. The highest BCUT2D eigenvalue weighted by atomic mass is 35.5. The van der Waals surface area contributed by atoms with Gasteiger partial charge in [-0.15, -0.1) is 0 Å². The number of rotatable bonds is 4. The van der Waals surface area contributed by atoms with E-state index in [9.17, 15) is 9.18 Å². The molecule has 0 bridgehead atoms. The van der Waals surface area contributed by atoms with Crippen molar-refractivity contribution in [1.82, 2.24) is 9.88 Å². The van der Waals surface area contributed by atoms with Crippen molar-refractivity contribution in [3.8, 4) is 5.88 Å². The van der Waals surface area contributed by atoms with Gasteiger partial charge >= 0.3 is 0 Å². The van der Waals surface area contributed by atoms with Gasteiger partial charge in [0.25, 0.3) is 5.91 Å². The van der Waals surface area contributed by atoms with E-state index in [2.05, 4.69) is 9.88 Å². The maximum absolute atomic E-state index is 13.1. The fourth-order valence-corrected chi connectivity index (χ4v) is 3.79. The highest BCUT2D eigenvalue weighted by Gasteiger charge is 2.24. The first kappa shape index (κ1) is 19.9. The molecule has 2 aromatic rings. The van der Waals surface area contributed by atoms with Crippen molar-refractivity contribution in [3.05, 3.63) is 52.9 Å². The van der Waals surface area contributed by atoms with Crippen molar-refractivity contribution in [2.45, 2.75) is 18.9 Å². The van der Waals surface area contributed by atoms with Crippen LogP contribution in [0.1, 0.15) is 23.2 Å². The summed E-state index contributed by atoms with van der Waals surface area (Å²) in [5.74, 6) is 0.00297. The Bertz CT molecular complexity index is 851. The lowest BCUT2D eigenvalue weighted by atomic mass is 10.1. The van der Waals surface area contributed by atoms with Crippen LogP contribution >= 0.6 is 11.6 Å². The number of benzene rings is 1. The second kappa shape index (κ2) is 8.97. The van der Waals surface area contributed by atoms with Crippen molar-refractivity contribution in [2.24, 2.45) is 0 Å². The number of carbonyl (C=O) groups is 1. The summed E-state index contributed by atoms with van der Waals surface area (Å²) in [6, 6.07) is 8.04. The molecule has 0 atom stereocenters. The molecule has 0 unspecified atom stereocenters. The van der Waals surface area contributed by atoms with Gasteiger partial charge in [0, 0.05) is 50.9 Å². The van der Waals surface area contributed by atoms with Gasteiger partial charge in [0.1, 0.15) is 16.9 Å². The van der Waals surface area contributed by atoms with E-state index in [4.69, 9.17) is 21.1 Å². The second-order valence-electron chi connectivity index (χ2n) is 7.20. The van der Waals surface area contributed by atoms with Gasteiger partial charge < -0.3 is 19.3 Å². The lowest BCUT2D eigenvalue weighted by Crippen LogP contribution is -2.48. The molecule has 2 fully saturated rings. The Morgan fingerprint density at radius 3 is 2.48 bits per heavy atom. The first-order valence-electron chi connectivity index (χ1n) is 9.80. The van der Waals surface area contributed by atoms with Gasteiger partial charge in [-0.1, -0.05) is 11.6 Å². The van der Waals surface area contributed by atoms with Crippen molar-refractivity contribution < 1.29 is 18.7 Å². The molecule has 6 nitrogen and oxygen atoms in total. The lowest BCUT2D eigenvalue weighted by Gasteiger charge is -2.36. The first-order valence-corrected chi connectivity index (χ1v) is 10.2. The zero-order chi connectivity index (χ0) is 20.2. The van der Waals surface area contributed by atoms with Crippen molar-refractivity contribution in [2.75, 3.05) is 44.3 Å². The predicted octanol–water partition coefficient (Wildman–Crippen LogP) is 3.39. The van der Waals surface area contributed by atoms with Gasteiger partial charge in [-0.2, -0.15) is 0 Å². The number of piperazine rings is 1. The molecule has 2 aliphatic heterocycles. The quantitative estimate of drug-likeness (QED) is 0.760. The molecule has 0 radical (unpaired) electrons. The third kappa shape index (κ3) is 4.79. The van der Waals surface area contributed by atoms with Gasteiger partial charge in [-0.3, -0.25) is 4.79 Å². The Morgan fingerprint density at radius 1 is 1.14 bits per heavy atom. The van der Waals surface area contributed by atoms with Crippen LogP contribution in [0.4, 0.5) is 10.1 Å². The summed E-state index contributed by atoms with van der Waals surface area (Å²) in [6.07, 6.45) is 3.17. The summed E-state index contributed by atoms with van der Waals surface area (Å²) in [4.78, 5) is 21.0. The number of ether oxygens (including phenoxy) is 2. The third-order valence-electron chi connectivity index (χ3n) is 5.26. The van der Waals surface area contributed by atoms with Crippen molar-refractivity contribution in [3.63, 3.8) is 0 Å². The minimum Gasteiger partial charge on any atom is -0.473 e. The number of nitrogens with zero attached hydrogens (tertiary/aromatic N) is 3. The van der Waals surface area contributed by atoms with Crippen LogP contribution in [-0.2, 0) is 4.74 Å². The van der Waals surface area contributed by atoms with Crippen LogP contribution < -0.4 is 9.64 Å². The SMILES string of the molecule is O=C(c1cnc(OC2CCOCC2)c(Cl)c1)N1CCN(c2ccc(F)cc2)CC1. The number of amides is 1. The minimum absolute atomic E-state index is 0.0369. The molecule has 0 spiro atoms. The van der Waals surface area contributed by atoms with Crippen LogP contribution in [0.25, 0.3) is 0 Å². The molecule has 4 rings (SSSR count). The van der Waals surface area contributed by atoms with Crippen LogP contribution in [0.5, 0.6) is 5.88 Å². The van der Waals surface area contributed by atoms with Gasteiger partial charge in [0.15, 0.2) is 0 Å². The highest BCUT2D eigenvalue weighted by Crippen LogP contribution is 2.26. The fraction of sp³-hybridized carbons (Fsp3) is 0.429. The van der Waals surface area contributed by atoms with Crippen LogP contribution in [-0.4, -0.2) is 61.3 Å². The van der Waals surface area contributed by atoms with E-state index in [1.165, 1.54) is 18.3 Å². The van der Waals surface area contributed by atoms with Gasteiger partial charge in [0.05, 0.1) is 18.8 Å². The van der Waals surface area contributed by atoms with Crippen LogP contribution in [0.3, 0.4) is 0 Å². The van der Waals surface area contributed by atoms with E-state index in [-0.39, 0.29) is 17.8 Å². The summed E-state index contributed by atoms with van der Waals surface area (Å²) in [5, 5.41) is 0.340. The van der Waals surface area contributed by atoms with Gasteiger partial charge in [0.2, 0.25) is 5.88 Å². The van der Waals surface area contributed by atoms with Crippen molar-refractivity contribution in [1.29, 1.82) is 0 Å². The number of hydrogen-bond donors (Lipinski definition) is 0. The zero-order valence-electron chi connectivity index (χ0n) is 16.0. The first-order chi connectivity index (χ1) is 14.1. The molecule has 0 aliphatic carbocycles. The Hall–Kier alpha value is -2.38. The number of halogens is 2. The summed E-state index contributed by atoms with van der Waals surface area (Å²) in [7, 11) is 0. The summed E-state index contributed by atoms with van der Waals surface area (Å²) >= 11 is 6.32. The summed E-state index contributed by atoms with van der Waals surface area (Å²) < 4.78 is 24.3. The molecular weight excluding hydrogens is 397 g/mol. The van der Waals surface area contributed by atoms with E-state index in [0.29, 0.717) is 55.9 Å². The third-order valence-corrected chi connectivity index (χ3v) is 5.53. The van der Waals surface area contributed by atoms with E-state index in [0.717, 1.165) is 18.5 Å². The van der Waals surface area contributed by atoms with E-state index < -0.39 is 0 Å². The van der Waals surface area contributed by atoms with E-state index in [1.54, 1.807) is 23.1 Å². The monoisotopic (exact) mass is 419 g/mol. The van der Waals surface area contributed by atoms with Crippen molar-refractivity contribution >= 4 is 23.2 Å². The molecule has 2 aliphatic rings. The fourth-order valence-electron chi connectivity index (χ4n) is 3.58. The number of aromatic nitrogens is 1. The smallest absolute Gasteiger partial charge is 0.255 e. The second-order valence-corrected chi connectivity index (χ2v) is 7.60. The highest BCUT2D eigenvalue weighted by molar-refractivity contribution is 6.32. The maximum Gasteiger partial charge on any atom is 0.255 e. The van der Waals surface area contributed by atoms with Crippen LogP contribution in [0.2, 0.25) is 5.02 Å². The molecule has 0 saturated carbocycles. The predicted molar refractivity (Wildman–Crippen MR) is 108 cm³/mol. The largest absolute Gasteiger partial charge is 0.473 e. The number of hydrogen-bond acceptors (Lipinski definition) is 5. The normalized spacial score (nSPS) is 18.0. The van der Waals surface area contributed by atoms with Crippen LogP contribution in [0, 0.1) is 5.82 Å². The van der Waals surface area contributed by atoms with Gasteiger partial charge in [-0.05, 0) is 30.3 Å². The maximum atomic E-state index is 13.1. The molecule has 3 heterocycles. The number of anilines is 1. The van der Waals surface area contributed by atoms with E-state index in [1.807, 2.05) is 0 Å². The standard InChI is InChI=1S/C21H23ClFN3O3/c22-19-13-15(14-24-20(19)29-18-5-11-28-12-6-18)21(27)26-9-7-25(8-10-26)17-3-1-16(23)2-4-17/h1-4,13-14,18H,5-12H2. The molecule has 8 heteroatoms. The molecular formula is C21H23ClFN3O3. The topological polar surface area (TPSA) is 54.9 Å².